The SMILES string of the molecule is CC.CC.CN1CCC(N)c2ccccc21. The second-order valence-corrected chi connectivity index (χ2v) is 3.38. The summed E-state index contributed by atoms with van der Waals surface area (Å²) in [5, 5.41) is 0. The summed E-state index contributed by atoms with van der Waals surface area (Å²) in [5.41, 5.74) is 8.55. The summed E-state index contributed by atoms with van der Waals surface area (Å²) in [4.78, 5) is 2.26. The monoisotopic (exact) mass is 222 g/mol. The zero-order valence-electron chi connectivity index (χ0n) is 11.3. The molecule has 0 radical (unpaired) electrons. The fourth-order valence-corrected chi connectivity index (χ4v) is 1.76. The third kappa shape index (κ3) is 3.53. The molecule has 2 heteroatoms. The van der Waals surface area contributed by atoms with Crippen LogP contribution in [0, 0.1) is 0 Å². The normalized spacial score (nSPS) is 17.4. The first kappa shape index (κ1) is 15.0. The van der Waals surface area contributed by atoms with Crippen molar-refractivity contribution < 1.29 is 0 Å². The lowest BCUT2D eigenvalue weighted by molar-refractivity contribution is 0.614. The van der Waals surface area contributed by atoms with Crippen LogP contribution >= 0.6 is 0 Å². The molecule has 1 aromatic rings. The molecule has 0 spiro atoms. The molecule has 2 N–H and O–H groups in total. The van der Waals surface area contributed by atoms with Gasteiger partial charge in [0.05, 0.1) is 0 Å². The van der Waals surface area contributed by atoms with Gasteiger partial charge in [-0.15, -0.1) is 0 Å². The smallest absolute Gasteiger partial charge is 0.0412 e. The molecule has 0 fully saturated rings. The van der Waals surface area contributed by atoms with Gasteiger partial charge in [0.2, 0.25) is 0 Å². The van der Waals surface area contributed by atoms with Gasteiger partial charge in [-0.25, -0.2) is 0 Å². The minimum atomic E-state index is 0.234. The van der Waals surface area contributed by atoms with Crippen LogP contribution in [0.1, 0.15) is 45.7 Å². The van der Waals surface area contributed by atoms with Crippen molar-refractivity contribution in [1.82, 2.24) is 0 Å². The number of nitrogens with two attached hydrogens (primary N) is 1. The van der Waals surface area contributed by atoms with Crippen molar-refractivity contribution in [2.45, 2.75) is 40.2 Å². The molecule has 1 atom stereocenters. The van der Waals surface area contributed by atoms with E-state index in [2.05, 4.69) is 36.2 Å². The van der Waals surface area contributed by atoms with Crippen molar-refractivity contribution in [3.05, 3.63) is 29.8 Å². The lowest BCUT2D eigenvalue weighted by Crippen LogP contribution is -2.30. The number of rotatable bonds is 0. The fourth-order valence-electron chi connectivity index (χ4n) is 1.76. The van der Waals surface area contributed by atoms with Crippen LogP contribution in [0.15, 0.2) is 24.3 Å². The van der Waals surface area contributed by atoms with Crippen LogP contribution in [-0.2, 0) is 0 Å². The van der Waals surface area contributed by atoms with Crippen LogP contribution in [0.3, 0.4) is 0 Å². The summed E-state index contributed by atoms with van der Waals surface area (Å²) in [5.74, 6) is 0. The van der Waals surface area contributed by atoms with Gasteiger partial charge < -0.3 is 10.6 Å². The predicted molar refractivity (Wildman–Crippen MR) is 74.0 cm³/mol. The van der Waals surface area contributed by atoms with Gasteiger partial charge in [-0.05, 0) is 18.1 Å². The molecule has 16 heavy (non-hydrogen) atoms. The van der Waals surface area contributed by atoms with Crippen LogP contribution in [0.4, 0.5) is 5.69 Å². The number of para-hydroxylation sites is 1. The number of anilines is 1. The van der Waals surface area contributed by atoms with Gasteiger partial charge in [-0.1, -0.05) is 45.9 Å². The maximum Gasteiger partial charge on any atom is 0.0412 e. The molecule has 0 aromatic heterocycles. The molecule has 0 saturated heterocycles. The van der Waals surface area contributed by atoms with Gasteiger partial charge in [0.1, 0.15) is 0 Å². The molecule has 2 nitrogen and oxygen atoms in total. The van der Waals surface area contributed by atoms with Gasteiger partial charge in [0.25, 0.3) is 0 Å². The maximum atomic E-state index is 5.98. The van der Waals surface area contributed by atoms with E-state index in [9.17, 15) is 0 Å². The van der Waals surface area contributed by atoms with Crippen molar-refractivity contribution in [2.75, 3.05) is 18.5 Å². The van der Waals surface area contributed by atoms with E-state index in [-0.39, 0.29) is 6.04 Å². The summed E-state index contributed by atoms with van der Waals surface area (Å²) < 4.78 is 0. The topological polar surface area (TPSA) is 29.3 Å². The third-order valence-corrected chi connectivity index (χ3v) is 2.52. The van der Waals surface area contributed by atoms with Crippen molar-refractivity contribution in [2.24, 2.45) is 5.73 Å². The molecule has 1 unspecified atom stereocenters. The van der Waals surface area contributed by atoms with Crippen LogP contribution in [0.25, 0.3) is 0 Å². The highest BCUT2D eigenvalue weighted by molar-refractivity contribution is 5.56. The summed E-state index contributed by atoms with van der Waals surface area (Å²) in [7, 11) is 2.12. The van der Waals surface area contributed by atoms with E-state index < -0.39 is 0 Å². The average Bonchev–Trinajstić information content (AvgIpc) is 2.39. The third-order valence-electron chi connectivity index (χ3n) is 2.52. The summed E-state index contributed by atoms with van der Waals surface area (Å²) >= 11 is 0. The first-order chi connectivity index (χ1) is 7.79. The Morgan fingerprint density at radius 1 is 1.12 bits per heavy atom. The first-order valence-corrected chi connectivity index (χ1v) is 6.34. The van der Waals surface area contributed by atoms with Gasteiger partial charge in [-0.3, -0.25) is 0 Å². The second-order valence-electron chi connectivity index (χ2n) is 3.38. The lowest BCUT2D eigenvalue weighted by atomic mass is 9.98. The molecule has 1 aliphatic heterocycles. The fraction of sp³-hybridized carbons (Fsp3) is 0.571. The molecular weight excluding hydrogens is 196 g/mol. The minimum Gasteiger partial charge on any atom is -0.374 e. The number of fused-ring (bicyclic) bond motifs is 1. The Kier molecular flexibility index (Phi) is 7.65. The number of hydrogen-bond acceptors (Lipinski definition) is 2. The first-order valence-electron chi connectivity index (χ1n) is 6.34. The molecule has 0 saturated carbocycles. The van der Waals surface area contributed by atoms with Gasteiger partial charge >= 0.3 is 0 Å². The van der Waals surface area contributed by atoms with E-state index in [1.54, 1.807) is 0 Å². The number of hydrogen-bond donors (Lipinski definition) is 1. The maximum absolute atomic E-state index is 5.98. The van der Waals surface area contributed by atoms with Crippen molar-refractivity contribution in [1.29, 1.82) is 0 Å². The van der Waals surface area contributed by atoms with Crippen molar-refractivity contribution in [3.63, 3.8) is 0 Å². The molecule has 92 valence electrons. The molecular formula is C14H26N2. The number of benzene rings is 1. The van der Waals surface area contributed by atoms with Gasteiger partial charge in [0.15, 0.2) is 0 Å². The van der Waals surface area contributed by atoms with E-state index in [1.165, 1.54) is 11.3 Å². The zero-order chi connectivity index (χ0) is 12.6. The Morgan fingerprint density at radius 2 is 1.69 bits per heavy atom. The Balaban J connectivity index is 0.000000509. The predicted octanol–water partition coefficient (Wildman–Crippen LogP) is 3.58. The van der Waals surface area contributed by atoms with E-state index >= 15 is 0 Å². The Hall–Kier alpha value is -1.02. The summed E-state index contributed by atoms with van der Waals surface area (Å²) in [6.07, 6.45) is 1.06. The van der Waals surface area contributed by atoms with Crippen LogP contribution in [-0.4, -0.2) is 13.6 Å². The molecule has 0 aliphatic carbocycles. The molecule has 2 rings (SSSR count). The summed E-state index contributed by atoms with van der Waals surface area (Å²) in [6, 6.07) is 8.60. The van der Waals surface area contributed by atoms with Crippen molar-refractivity contribution in [3.8, 4) is 0 Å². The highest BCUT2D eigenvalue weighted by Gasteiger charge is 2.18. The van der Waals surface area contributed by atoms with Gasteiger partial charge in [0, 0.05) is 25.3 Å². The molecule has 0 amide bonds. The van der Waals surface area contributed by atoms with E-state index in [4.69, 9.17) is 5.73 Å². The summed E-state index contributed by atoms with van der Waals surface area (Å²) in [6.45, 7) is 9.07. The van der Waals surface area contributed by atoms with Gasteiger partial charge in [-0.2, -0.15) is 0 Å². The Morgan fingerprint density at radius 3 is 2.25 bits per heavy atom. The molecule has 1 heterocycles. The Bertz CT molecular complexity index is 255. The molecule has 1 aliphatic rings. The van der Waals surface area contributed by atoms with E-state index in [0.717, 1.165) is 13.0 Å². The Labute approximate surface area is 100 Å². The standard InChI is InChI=1S/C10H14N2.2C2H6/c1-12-7-6-9(11)8-4-2-3-5-10(8)12;2*1-2/h2-5,9H,6-7,11H2,1H3;2*1-2H3. The van der Waals surface area contributed by atoms with Crippen LogP contribution in [0.2, 0.25) is 0 Å². The largest absolute Gasteiger partial charge is 0.374 e. The van der Waals surface area contributed by atoms with E-state index in [1.807, 2.05) is 27.7 Å². The highest BCUT2D eigenvalue weighted by atomic mass is 15.1. The van der Waals surface area contributed by atoms with Crippen LogP contribution in [0.5, 0.6) is 0 Å². The lowest BCUT2D eigenvalue weighted by Gasteiger charge is -2.31. The molecule has 0 bridgehead atoms. The minimum absolute atomic E-state index is 0.234. The average molecular weight is 222 g/mol. The zero-order valence-corrected chi connectivity index (χ0v) is 11.3. The van der Waals surface area contributed by atoms with Crippen molar-refractivity contribution >= 4 is 5.69 Å². The van der Waals surface area contributed by atoms with E-state index in [0.29, 0.717) is 0 Å². The highest BCUT2D eigenvalue weighted by Crippen LogP contribution is 2.30. The quantitative estimate of drug-likeness (QED) is 0.727. The number of nitrogens with zero attached hydrogens (tertiary/aromatic N) is 1. The van der Waals surface area contributed by atoms with Crippen LogP contribution < -0.4 is 10.6 Å². The molecule has 1 aromatic carbocycles. The second kappa shape index (κ2) is 8.17.